The summed E-state index contributed by atoms with van der Waals surface area (Å²) >= 11 is 1.89. The van der Waals surface area contributed by atoms with Gasteiger partial charge in [0.2, 0.25) is 0 Å². The van der Waals surface area contributed by atoms with Gasteiger partial charge in [0.15, 0.2) is 0 Å². The van der Waals surface area contributed by atoms with E-state index in [-0.39, 0.29) is 0 Å². The van der Waals surface area contributed by atoms with Gasteiger partial charge in [-0.05, 0) is 25.0 Å². The van der Waals surface area contributed by atoms with Gasteiger partial charge in [0.05, 0.1) is 6.61 Å². The van der Waals surface area contributed by atoms with Gasteiger partial charge in [-0.15, -0.1) is 0 Å². The first-order valence-corrected chi connectivity index (χ1v) is 5.45. The lowest BCUT2D eigenvalue weighted by Gasteiger charge is -2.15. The minimum atomic E-state index is 0.539. The van der Waals surface area contributed by atoms with Crippen LogP contribution in [0.3, 0.4) is 0 Å². The highest BCUT2D eigenvalue weighted by Gasteiger charge is 2.04. The fourth-order valence-corrected chi connectivity index (χ4v) is 1.51. The number of methoxy groups -OCH3 is 1. The van der Waals surface area contributed by atoms with Crippen LogP contribution in [0, 0.1) is 0 Å². The Kier molecular flexibility index (Phi) is 8.57. The molecular weight excluding hydrogens is 158 g/mol. The molecule has 0 saturated carbocycles. The van der Waals surface area contributed by atoms with Crippen molar-refractivity contribution in [3.63, 3.8) is 0 Å². The Hall–Kier alpha value is 0.270. The van der Waals surface area contributed by atoms with Crippen molar-refractivity contribution >= 4 is 11.8 Å². The number of ether oxygens (including phenoxy) is 1. The van der Waals surface area contributed by atoms with E-state index in [0.29, 0.717) is 6.04 Å². The third-order valence-corrected chi connectivity index (χ3v) is 2.18. The second-order valence-corrected chi connectivity index (χ2v) is 3.48. The molecule has 0 bridgehead atoms. The SMILES string of the molecule is CCNC(CCSC)COC. The summed E-state index contributed by atoms with van der Waals surface area (Å²) in [6.45, 7) is 3.98. The third kappa shape index (κ3) is 6.66. The van der Waals surface area contributed by atoms with E-state index < -0.39 is 0 Å². The molecule has 0 spiro atoms. The predicted octanol–water partition coefficient (Wildman–Crippen LogP) is 1.36. The zero-order valence-corrected chi connectivity index (χ0v) is 8.54. The minimum Gasteiger partial charge on any atom is -0.383 e. The van der Waals surface area contributed by atoms with Crippen LogP contribution in [0.5, 0.6) is 0 Å². The molecule has 1 atom stereocenters. The Labute approximate surface area is 74.1 Å². The van der Waals surface area contributed by atoms with Gasteiger partial charge in [-0.2, -0.15) is 11.8 Å². The average molecular weight is 177 g/mol. The van der Waals surface area contributed by atoms with Gasteiger partial charge in [-0.1, -0.05) is 6.92 Å². The van der Waals surface area contributed by atoms with Gasteiger partial charge in [-0.3, -0.25) is 0 Å². The summed E-state index contributed by atoms with van der Waals surface area (Å²) in [5.74, 6) is 1.21. The molecule has 0 aromatic heterocycles. The first-order valence-electron chi connectivity index (χ1n) is 4.06. The van der Waals surface area contributed by atoms with Gasteiger partial charge in [-0.25, -0.2) is 0 Å². The molecule has 0 aliphatic rings. The molecule has 0 rings (SSSR count). The smallest absolute Gasteiger partial charge is 0.0616 e. The topological polar surface area (TPSA) is 21.3 Å². The van der Waals surface area contributed by atoms with Crippen LogP contribution in [-0.4, -0.2) is 38.3 Å². The van der Waals surface area contributed by atoms with Gasteiger partial charge in [0, 0.05) is 13.2 Å². The maximum atomic E-state index is 5.08. The van der Waals surface area contributed by atoms with E-state index in [4.69, 9.17) is 4.74 Å². The Bertz CT molecular complexity index is 74.5. The van der Waals surface area contributed by atoms with Crippen molar-refractivity contribution in [2.75, 3.05) is 32.3 Å². The number of rotatable bonds is 7. The van der Waals surface area contributed by atoms with E-state index >= 15 is 0 Å². The first kappa shape index (κ1) is 11.3. The van der Waals surface area contributed by atoms with E-state index in [1.54, 1.807) is 7.11 Å². The number of thioether (sulfide) groups is 1. The number of hydrogen-bond donors (Lipinski definition) is 1. The first-order chi connectivity index (χ1) is 5.35. The van der Waals surface area contributed by atoms with Crippen LogP contribution in [0.25, 0.3) is 0 Å². The highest BCUT2D eigenvalue weighted by Crippen LogP contribution is 2.00. The lowest BCUT2D eigenvalue weighted by atomic mass is 10.2. The lowest BCUT2D eigenvalue weighted by molar-refractivity contribution is 0.166. The highest BCUT2D eigenvalue weighted by atomic mass is 32.2. The third-order valence-electron chi connectivity index (χ3n) is 1.53. The Morgan fingerprint density at radius 2 is 2.27 bits per heavy atom. The summed E-state index contributed by atoms with van der Waals surface area (Å²) < 4.78 is 5.08. The van der Waals surface area contributed by atoms with Crippen molar-refractivity contribution in [1.29, 1.82) is 0 Å². The van der Waals surface area contributed by atoms with Crippen molar-refractivity contribution in [3.8, 4) is 0 Å². The number of likely N-dealkylation sites (N-methyl/N-ethyl adjacent to an activating group) is 1. The van der Waals surface area contributed by atoms with Crippen LogP contribution in [0.4, 0.5) is 0 Å². The van der Waals surface area contributed by atoms with E-state index in [1.807, 2.05) is 11.8 Å². The Balaban J connectivity index is 3.34. The number of nitrogens with one attached hydrogen (secondary N) is 1. The summed E-state index contributed by atoms with van der Waals surface area (Å²) in [5.41, 5.74) is 0. The molecule has 0 aromatic rings. The summed E-state index contributed by atoms with van der Waals surface area (Å²) in [5, 5.41) is 3.38. The fourth-order valence-electron chi connectivity index (χ4n) is 0.994. The molecule has 0 fully saturated rings. The van der Waals surface area contributed by atoms with Gasteiger partial charge >= 0.3 is 0 Å². The molecule has 0 aliphatic carbocycles. The van der Waals surface area contributed by atoms with Crippen molar-refractivity contribution in [1.82, 2.24) is 5.32 Å². The van der Waals surface area contributed by atoms with Gasteiger partial charge in [0.25, 0.3) is 0 Å². The predicted molar refractivity (Wildman–Crippen MR) is 52.3 cm³/mol. The normalized spacial score (nSPS) is 13.4. The summed E-state index contributed by atoms with van der Waals surface area (Å²) in [4.78, 5) is 0. The van der Waals surface area contributed by atoms with E-state index in [1.165, 1.54) is 12.2 Å². The van der Waals surface area contributed by atoms with Gasteiger partial charge in [0.1, 0.15) is 0 Å². The molecular formula is C8H19NOS. The van der Waals surface area contributed by atoms with Crippen LogP contribution in [-0.2, 0) is 4.74 Å². The lowest BCUT2D eigenvalue weighted by Crippen LogP contribution is -2.33. The van der Waals surface area contributed by atoms with Crippen LogP contribution in [0.2, 0.25) is 0 Å². The quantitative estimate of drug-likeness (QED) is 0.634. The molecule has 1 unspecified atom stereocenters. The Morgan fingerprint density at radius 1 is 1.55 bits per heavy atom. The van der Waals surface area contributed by atoms with Crippen LogP contribution in [0.15, 0.2) is 0 Å². The van der Waals surface area contributed by atoms with Crippen LogP contribution in [0.1, 0.15) is 13.3 Å². The molecule has 2 nitrogen and oxygen atoms in total. The van der Waals surface area contributed by atoms with Crippen molar-refractivity contribution in [3.05, 3.63) is 0 Å². The largest absolute Gasteiger partial charge is 0.383 e. The van der Waals surface area contributed by atoms with E-state index in [9.17, 15) is 0 Å². The second-order valence-electron chi connectivity index (χ2n) is 2.49. The molecule has 0 radical (unpaired) electrons. The van der Waals surface area contributed by atoms with Crippen LogP contribution < -0.4 is 5.32 Å². The molecule has 0 heterocycles. The standard InChI is InChI=1S/C8H19NOS/c1-4-9-8(7-10-2)5-6-11-3/h8-9H,4-7H2,1-3H3. The molecule has 0 saturated heterocycles. The Morgan fingerprint density at radius 3 is 2.73 bits per heavy atom. The molecule has 1 N–H and O–H groups in total. The molecule has 11 heavy (non-hydrogen) atoms. The average Bonchev–Trinajstić information content (AvgIpc) is 2.01. The monoisotopic (exact) mass is 177 g/mol. The van der Waals surface area contributed by atoms with Gasteiger partial charge < -0.3 is 10.1 Å². The summed E-state index contributed by atoms with van der Waals surface area (Å²) in [7, 11) is 1.75. The minimum absolute atomic E-state index is 0.539. The second kappa shape index (κ2) is 8.37. The van der Waals surface area contributed by atoms with Crippen molar-refractivity contribution < 1.29 is 4.74 Å². The zero-order valence-electron chi connectivity index (χ0n) is 7.72. The van der Waals surface area contributed by atoms with Crippen molar-refractivity contribution in [2.24, 2.45) is 0 Å². The highest BCUT2D eigenvalue weighted by molar-refractivity contribution is 7.98. The summed E-state index contributed by atoms with van der Waals surface area (Å²) in [6, 6.07) is 0.539. The van der Waals surface area contributed by atoms with E-state index in [2.05, 4.69) is 18.5 Å². The molecule has 0 aliphatic heterocycles. The maximum Gasteiger partial charge on any atom is 0.0616 e. The molecule has 68 valence electrons. The zero-order chi connectivity index (χ0) is 8.53. The number of hydrogen-bond acceptors (Lipinski definition) is 3. The molecule has 0 aromatic carbocycles. The maximum absolute atomic E-state index is 5.08. The molecule has 0 amide bonds. The van der Waals surface area contributed by atoms with E-state index in [0.717, 1.165) is 13.2 Å². The van der Waals surface area contributed by atoms with Crippen LogP contribution >= 0.6 is 11.8 Å². The molecule has 3 heteroatoms. The van der Waals surface area contributed by atoms with Crippen molar-refractivity contribution in [2.45, 2.75) is 19.4 Å². The fraction of sp³-hybridized carbons (Fsp3) is 1.00. The summed E-state index contributed by atoms with van der Waals surface area (Å²) in [6.07, 6.45) is 3.33.